The number of carbonyl (C=O) groups excluding carboxylic acids is 1. The Morgan fingerprint density at radius 1 is 1.44 bits per heavy atom. The molecule has 0 aromatic carbocycles. The zero-order valence-corrected chi connectivity index (χ0v) is 5.25. The molecular formula is C5H9O4. The first-order chi connectivity index (χ1) is 4.41. The highest BCUT2D eigenvalue weighted by molar-refractivity contribution is 5.37. The lowest BCUT2D eigenvalue weighted by Crippen LogP contribution is -2.04. The third-order valence-corrected chi connectivity index (χ3v) is 0.633. The highest BCUT2D eigenvalue weighted by Crippen LogP contribution is 1.74. The number of hydrogen-bond acceptors (Lipinski definition) is 4. The molecule has 0 aliphatic rings. The molecule has 0 aliphatic carbocycles. The lowest BCUT2D eigenvalue weighted by Gasteiger charge is -1.98. The van der Waals surface area contributed by atoms with E-state index in [4.69, 9.17) is 4.74 Å². The number of methoxy groups -OCH3 is 1. The van der Waals surface area contributed by atoms with E-state index in [1.165, 1.54) is 6.47 Å². The molecule has 0 heterocycles. The fourth-order valence-electron chi connectivity index (χ4n) is 0.267. The summed E-state index contributed by atoms with van der Waals surface area (Å²) < 4.78 is 13.4. The summed E-state index contributed by atoms with van der Waals surface area (Å²) in [5.74, 6) is 0. The van der Waals surface area contributed by atoms with Crippen LogP contribution in [-0.2, 0) is 19.0 Å². The molecule has 0 saturated heterocycles. The Morgan fingerprint density at radius 2 is 2.22 bits per heavy atom. The van der Waals surface area contributed by atoms with Gasteiger partial charge in [-0.2, -0.15) is 0 Å². The summed E-state index contributed by atoms with van der Waals surface area (Å²) in [6.07, 6.45) is 0. The van der Waals surface area contributed by atoms with Gasteiger partial charge in [0.15, 0.2) is 6.79 Å². The Labute approximate surface area is 53.7 Å². The van der Waals surface area contributed by atoms with Crippen LogP contribution in [0.2, 0.25) is 0 Å². The first-order valence-electron chi connectivity index (χ1n) is 2.47. The quantitative estimate of drug-likeness (QED) is 0.368. The second-order valence-corrected chi connectivity index (χ2v) is 1.25. The van der Waals surface area contributed by atoms with Crippen molar-refractivity contribution >= 4 is 6.47 Å². The maximum Gasteiger partial charge on any atom is 0.419 e. The molecule has 0 amide bonds. The third kappa shape index (κ3) is 7.39. The van der Waals surface area contributed by atoms with Gasteiger partial charge in [0.05, 0.1) is 13.2 Å². The molecular weight excluding hydrogens is 124 g/mol. The van der Waals surface area contributed by atoms with Crippen molar-refractivity contribution in [1.29, 1.82) is 0 Å². The first-order valence-corrected chi connectivity index (χ1v) is 2.47. The van der Waals surface area contributed by atoms with Crippen LogP contribution in [-0.4, -0.2) is 33.6 Å². The van der Waals surface area contributed by atoms with E-state index in [1.807, 2.05) is 0 Å². The van der Waals surface area contributed by atoms with E-state index in [0.717, 1.165) is 0 Å². The summed E-state index contributed by atoms with van der Waals surface area (Å²) in [4.78, 5) is 9.38. The molecule has 0 aromatic rings. The van der Waals surface area contributed by atoms with E-state index in [2.05, 4.69) is 9.47 Å². The normalized spacial score (nSPS) is 9.00. The number of ether oxygens (including phenoxy) is 3. The van der Waals surface area contributed by atoms with Gasteiger partial charge in [-0.15, -0.1) is 0 Å². The Hall–Kier alpha value is -0.610. The van der Waals surface area contributed by atoms with Gasteiger partial charge in [-0.3, -0.25) is 0 Å². The lowest BCUT2D eigenvalue weighted by atomic mass is 10.8. The molecule has 0 N–H and O–H groups in total. The molecule has 0 fully saturated rings. The van der Waals surface area contributed by atoms with Crippen LogP contribution < -0.4 is 0 Å². The van der Waals surface area contributed by atoms with Gasteiger partial charge in [-0.25, -0.2) is 4.79 Å². The number of hydrogen-bond donors (Lipinski definition) is 0. The topological polar surface area (TPSA) is 44.8 Å². The van der Waals surface area contributed by atoms with Gasteiger partial charge in [0.1, 0.15) is 0 Å². The first kappa shape index (κ1) is 8.39. The summed E-state index contributed by atoms with van der Waals surface area (Å²) in [7, 11) is 1.57. The van der Waals surface area contributed by atoms with Gasteiger partial charge in [-0.1, -0.05) is 0 Å². The van der Waals surface area contributed by atoms with E-state index < -0.39 is 0 Å². The smallest absolute Gasteiger partial charge is 0.419 e. The van der Waals surface area contributed by atoms with Crippen molar-refractivity contribution in [2.75, 3.05) is 27.1 Å². The largest absolute Gasteiger partial charge is 0.430 e. The molecule has 0 unspecified atom stereocenters. The van der Waals surface area contributed by atoms with Gasteiger partial charge >= 0.3 is 6.47 Å². The molecule has 1 radical (unpaired) electrons. The van der Waals surface area contributed by atoms with Crippen LogP contribution in [0.25, 0.3) is 0 Å². The van der Waals surface area contributed by atoms with Gasteiger partial charge < -0.3 is 14.2 Å². The summed E-state index contributed by atoms with van der Waals surface area (Å²) >= 11 is 0. The molecule has 0 aliphatic heterocycles. The van der Waals surface area contributed by atoms with E-state index in [9.17, 15) is 4.79 Å². The molecule has 0 saturated carbocycles. The molecule has 9 heavy (non-hydrogen) atoms. The third-order valence-electron chi connectivity index (χ3n) is 0.633. The maximum absolute atomic E-state index is 9.38. The molecule has 0 spiro atoms. The molecule has 4 nitrogen and oxygen atoms in total. The van der Waals surface area contributed by atoms with Crippen LogP contribution in [0.15, 0.2) is 0 Å². The van der Waals surface area contributed by atoms with Gasteiger partial charge in [-0.05, 0) is 0 Å². The Balaban J connectivity index is 2.66. The van der Waals surface area contributed by atoms with Crippen molar-refractivity contribution in [3.05, 3.63) is 0 Å². The van der Waals surface area contributed by atoms with Gasteiger partial charge in [0, 0.05) is 7.11 Å². The van der Waals surface area contributed by atoms with Gasteiger partial charge in [0.25, 0.3) is 0 Å². The van der Waals surface area contributed by atoms with Crippen LogP contribution >= 0.6 is 0 Å². The molecule has 0 atom stereocenters. The highest BCUT2D eigenvalue weighted by atomic mass is 16.7. The van der Waals surface area contributed by atoms with Crippen molar-refractivity contribution in [3.63, 3.8) is 0 Å². The molecule has 53 valence electrons. The van der Waals surface area contributed by atoms with Crippen molar-refractivity contribution in [1.82, 2.24) is 0 Å². The minimum atomic E-state index is -0.0488. The lowest BCUT2D eigenvalue weighted by molar-refractivity contribution is -0.0158. The summed E-state index contributed by atoms with van der Waals surface area (Å²) in [5.41, 5.74) is 0. The average Bonchev–Trinajstić information content (AvgIpc) is 1.89. The van der Waals surface area contributed by atoms with Crippen LogP contribution in [0.5, 0.6) is 0 Å². The zero-order chi connectivity index (χ0) is 6.95. The zero-order valence-electron chi connectivity index (χ0n) is 5.25. The summed E-state index contributed by atoms with van der Waals surface area (Å²) in [5, 5.41) is 0. The van der Waals surface area contributed by atoms with E-state index in [1.54, 1.807) is 7.11 Å². The summed E-state index contributed by atoms with van der Waals surface area (Å²) in [6, 6.07) is 0. The predicted octanol–water partition coefficient (Wildman–Crippen LogP) is -0.309. The second kappa shape index (κ2) is 7.39. The van der Waals surface area contributed by atoms with Crippen LogP contribution in [0, 0.1) is 0 Å². The summed E-state index contributed by atoms with van der Waals surface area (Å²) in [6.45, 7) is 2.11. The van der Waals surface area contributed by atoms with Crippen molar-refractivity contribution in [2.24, 2.45) is 0 Å². The predicted molar refractivity (Wildman–Crippen MR) is 29.5 cm³/mol. The van der Waals surface area contributed by atoms with Crippen molar-refractivity contribution < 1.29 is 19.0 Å². The molecule has 0 rings (SSSR count). The SMILES string of the molecule is COCCOCO[C]=O. The maximum atomic E-state index is 9.38. The monoisotopic (exact) mass is 133 g/mol. The minimum Gasteiger partial charge on any atom is -0.430 e. The fourth-order valence-corrected chi connectivity index (χ4v) is 0.267. The second-order valence-electron chi connectivity index (χ2n) is 1.25. The molecule has 4 heteroatoms. The standard InChI is InChI=1S/C5H9O4/c1-7-2-3-8-5-9-4-6/h2-3,5H2,1H3. The molecule has 0 aromatic heterocycles. The van der Waals surface area contributed by atoms with E-state index >= 15 is 0 Å². The van der Waals surface area contributed by atoms with Crippen LogP contribution in [0.3, 0.4) is 0 Å². The number of rotatable bonds is 6. The Bertz CT molecular complexity index is 64.0. The minimum absolute atomic E-state index is 0.0488. The Morgan fingerprint density at radius 3 is 2.78 bits per heavy atom. The highest BCUT2D eigenvalue weighted by Gasteiger charge is 1.84. The van der Waals surface area contributed by atoms with E-state index in [0.29, 0.717) is 13.2 Å². The average molecular weight is 133 g/mol. The van der Waals surface area contributed by atoms with Crippen molar-refractivity contribution in [3.8, 4) is 0 Å². The van der Waals surface area contributed by atoms with E-state index in [-0.39, 0.29) is 6.79 Å². The fraction of sp³-hybridized carbons (Fsp3) is 0.800. The van der Waals surface area contributed by atoms with Crippen LogP contribution in [0.4, 0.5) is 0 Å². The Kier molecular flexibility index (Phi) is 6.89. The molecule has 0 bridgehead atoms. The van der Waals surface area contributed by atoms with Crippen LogP contribution in [0.1, 0.15) is 0 Å². The van der Waals surface area contributed by atoms with Gasteiger partial charge in [0.2, 0.25) is 0 Å². The van der Waals surface area contributed by atoms with Crippen molar-refractivity contribution in [2.45, 2.75) is 0 Å².